The minimum Gasteiger partial charge on any atom is -0.496 e. The molecule has 6 heteroatoms. The van der Waals surface area contributed by atoms with E-state index in [2.05, 4.69) is 10.6 Å². The molecule has 0 saturated heterocycles. The fourth-order valence-corrected chi connectivity index (χ4v) is 2.62. The van der Waals surface area contributed by atoms with Crippen LogP contribution in [0.15, 0.2) is 42.5 Å². The van der Waals surface area contributed by atoms with Gasteiger partial charge in [0.05, 0.1) is 12.8 Å². The summed E-state index contributed by atoms with van der Waals surface area (Å²) in [5.41, 5.74) is 3.00. The van der Waals surface area contributed by atoms with Crippen LogP contribution in [0.4, 0.5) is 11.4 Å². The monoisotopic (exact) mass is 352 g/mol. The number of nitrogens with one attached hydrogen (secondary N) is 2. The highest BCUT2D eigenvalue weighted by Crippen LogP contribution is 2.32. The smallest absolute Gasteiger partial charge is 0.265 e. The van der Waals surface area contributed by atoms with Gasteiger partial charge in [-0.25, -0.2) is 0 Å². The van der Waals surface area contributed by atoms with Crippen molar-refractivity contribution in [2.24, 2.45) is 0 Å². The first kappa shape index (κ1) is 17.5. The molecular formula is C20H20N2O4. The molecule has 1 aliphatic rings. The zero-order valence-electron chi connectivity index (χ0n) is 14.8. The number of hydrogen-bond donors (Lipinski definition) is 2. The molecule has 0 spiro atoms. The van der Waals surface area contributed by atoms with E-state index in [-0.39, 0.29) is 11.8 Å². The lowest BCUT2D eigenvalue weighted by Crippen LogP contribution is -2.34. The van der Waals surface area contributed by atoms with Gasteiger partial charge in [-0.3, -0.25) is 9.59 Å². The van der Waals surface area contributed by atoms with Crippen LogP contribution in [-0.2, 0) is 9.59 Å². The second kappa shape index (κ2) is 7.31. The summed E-state index contributed by atoms with van der Waals surface area (Å²) in [7, 11) is 1.59. The van der Waals surface area contributed by atoms with Crippen molar-refractivity contribution in [2.45, 2.75) is 20.0 Å². The lowest BCUT2D eigenvalue weighted by Gasteiger charge is -2.23. The van der Waals surface area contributed by atoms with E-state index in [0.717, 1.165) is 11.1 Å². The fraction of sp³-hybridized carbons (Fsp3) is 0.200. The zero-order valence-corrected chi connectivity index (χ0v) is 14.8. The number of methoxy groups -OCH3 is 1. The van der Waals surface area contributed by atoms with Gasteiger partial charge in [-0.05, 0) is 50.3 Å². The van der Waals surface area contributed by atoms with Gasteiger partial charge in [0.2, 0.25) is 5.91 Å². The van der Waals surface area contributed by atoms with Crippen LogP contribution in [-0.4, -0.2) is 25.0 Å². The van der Waals surface area contributed by atoms with E-state index in [4.69, 9.17) is 9.47 Å². The molecule has 0 bridgehead atoms. The van der Waals surface area contributed by atoms with Gasteiger partial charge in [0.25, 0.3) is 5.91 Å². The molecule has 1 atom stereocenters. The molecule has 2 aromatic carbocycles. The van der Waals surface area contributed by atoms with E-state index in [1.807, 2.05) is 25.1 Å². The average molecular weight is 352 g/mol. The van der Waals surface area contributed by atoms with Crippen molar-refractivity contribution in [3.8, 4) is 11.5 Å². The van der Waals surface area contributed by atoms with Crippen molar-refractivity contribution < 1.29 is 19.1 Å². The predicted octanol–water partition coefficient (Wildman–Crippen LogP) is 3.37. The second-order valence-corrected chi connectivity index (χ2v) is 6.03. The number of rotatable bonds is 4. The van der Waals surface area contributed by atoms with E-state index in [1.165, 1.54) is 6.08 Å². The largest absolute Gasteiger partial charge is 0.496 e. The first-order chi connectivity index (χ1) is 12.5. The van der Waals surface area contributed by atoms with Crippen LogP contribution in [0.2, 0.25) is 0 Å². The molecule has 134 valence electrons. The van der Waals surface area contributed by atoms with Crippen LogP contribution in [0.3, 0.4) is 0 Å². The Morgan fingerprint density at radius 3 is 2.85 bits per heavy atom. The highest BCUT2D eigenvalue weighted by atomic mass is 16.5. The van der Waals surface area contributed by atoms with Crippen molar-refractivity contribution >= 4 is 29.3 Å². The van der Waals surface area contributed by atoms with Gasteiger partial charge in [0, 0.05) is 17.3 Å². The first-order valence-electron chi connectivity index (χ1n) is 8.21. The van der Waals surface area contributed by atoms with Crippen LogP contribution < -0.4 is 20.1 Å². The molecule has 0 fully saturated rings. The lowest BCUT2D eigenvalue weighted by molar-refractivity contribution is -0.122. The van der Waals surface area contributed by atoms with Gasteiger partial charge >= 0.3 is 0 Å². The highest BCUT2D eigenvalue weighted by molar-refractivity contribution is 6.03. The van der Waals surface area contributed by atoms with Crippen LogP contribution in [0.1, 0.15) is 18.1 Å². The Labute approximate surface area is 151 Å². The molecule has 0 radical (unpaired) electrons. The Balaban J connectivity index is 1.72. The zero-order chi connectivity index (χ0) is 18.7. The van der Waals surface area contributed by atoms with Gasteiger partial charge in [0.15, 0.2) is 6.10 Å². The summed E-state index contributed by atoms with van der Waals surface area (Å²) in [5, 5.41) is 5.52. The van der Waals surface area contributed by atoms with Gasteiger partial charge in [0.1, 0.15) is 11.5 Å². The Morgan fingerprint density at radius 1 is 1.27 bits per heavy atom. The third-order valence-electron chi connectivity index (χ3n) is 3.98. The maximum absolute atomic E-state index is 12.2. The summed E-state index contributed by atoms with van der Waals surface area (Å²) in [5.74, 6) is 0.773. The molecular weight excluding hydrogens is 332 g/mol. The summed E-state index contributed by atoms with van der Waals surface area (Å²) < 4.78 is 10.8. The molecule has 2 aromatic rings. The molecule has 0 aliphatic carbocycles. The SMILES string of the molecule is COc1ccc(C)cc1/C=C/C(=O)Nc1ccc2c(c1)NC(=O)[C@H](C)O2. The molecule has 0 unspecified atom stereocenters. The molecule has 0 saturated carbocycles. The van der Waals surface area contributed by atoms with Gasteiger partial charge in [-0.2, -0.15) is 0 Å². The number of aryl methyl sites for hydroxylation is 1. The van der Waals surface area contributed by atoms with E-state index in [9.17, 15) is 9.59 Å². The van der Waals surface area contributed by atoms with E-state index >= 15 is 0 Å². The summed E-state index contributed by atoms with van der Waals surface area (Å²) in [4.78, 5) is 23.9. The topological polar surface area (TPSA) is 76.7 Å². The fourth-order valence-electron chi connectivity index (χ4n) is 2.62. The number of hydrogen-bond acceptors (Lipinski definition) is 4. The quantitative estimate of drug-likeness (QED) is 0.827. The van der Waals surface area contributed by atoms with Crippen molar-refractivity contribution in [1.29, 1.82) is 0 Å². The average Bonchev–Trinajstić information content (AvgIpc) is 2.61. The maximum Gasteiger partial charge on any atom is 0.265 e. The summed E-state index contributed by atoms with van der Waals surface area (Å²) in [6.45, 7) is 3.65. The van der Waals surface area contributed by atoms with Crippen molar-refractivity contribution in [3.05, 3.63) is 53.6 Å². The number of carbonyl (C=O) groups is 2. The Morgan fingerprint density at radius 2 is 2.08 bits per heavy atom. The van der Waals surface area contributed by atoms with E-state index in [1.54, 1.807) is 38.3 Å². The highest BCUT2D eigenvalue weighted by Gasteiger charge is 2.23. The van der Waals surface area contributed by atoms with Crippen LogP contribution >= 0.6 is 0 Å². The number of fused-ring (bicyclic) bond motifs is 1. The van der Waals surface area contributed by atoms with Crippen molar-refractivity contribution in [1.82, 2.24) is 0 Å². The van der Waals surface area contributed by atoms with Crippen LogP contribution in [0, 0.1) is 6.92 Å². The number of amides is 2. The second-order valence-electron chi connectivity index (χ2n) is 6.03. The molecule has 0 aromatic heterocycles. The number of anilines is 2. The standard InChI is InChI=1S/C20H20N2O4/c1-12-4-7-17(25-3)14(10-12)5-9-19(23)21-15-6-8-18-16(11-15)22-20(24)13(2)26-18/h4-11,13H,1-3H3,(H,21,23)(H,22,24)/b9-5+/t13-/m0/s1. The molecule has 2 amide bonds. The number of benzene rings is 2. The summed E-state index contributed by atoms with van der Waals surface area (Å²) in [6.07, 6.45) is 2.61. The minimum absolute atomic E-state index is 0.215. The Kier molecular flexibility index (Phi) is 4.93. The number of ether oxygens (including phenoxy) is 2. The first-order valence-corrected chi connectivity index (χ1v) is 8.21. The Bertz CT molecular complexity index is 889. The molecule has 1 aliphatic heterocycles. The molecule has 6 nitrogen and oxygen atoms in total. The third kappa shape index (κ3) is 3.85. The number of carbonyl (C=O) groups excluding carboxylic acids is 2. The lowest BCUT2D eigenvalue weighted by atomic mass is 10.1. The van der Waals surface area contributed by atoms with Crippen molar-refractivity contribution in [2.75, 3.05) is 17.7 Å². The van der Waals surface area contributed by atoms with E-state index in [0.29, 0.717) is 22.9 Å². The maximum atomic E-state index is 12.2. The molecule has 26 heavy (non-hydrogen) atoms. The van der Waals surface area contributed by atoms with Gasteiger partial charge in [-0.1, -0.05) is 11.6 Å². The third-order valence-corrected chi connectivity index (χ3v) is 3.98. The summed E-state index contributed by atoms with van der Waals surface area (Å²) in [6, 6.07) is 10.9. The van der Waals surface area contributed by atoms with Gasteiger partial charge < -0.3 is 20.1 Å². The minimum atomic E-state index is -0.532. The van der Waals surface area contributed by atoms with E-state index < -0.39 is 6.10 Å². The molecule has 3 rings (SSSR count). The summed E-state index contributed by atoms with van der Waals surface area (Å²) >= 11 is 0. The van der Waals surface area contributed by atoms with Gasteiger partial charge in [-0.15, -0.1) is 0 Å². The molecule has 2 N–H and O–H groups in total. The molecule has 1 heterocycles. The normalized spacial score (nSPS) is 15.8. The predicted molar refractivity (Wildman–Crippen MR) is 101 cm³/mol. The van der Waals surface area contributed by atoms with Crippen LogP contribution in [0.5, 0.6) is 11.5 Å². The van der Waals surface area contributed by atoms with Crippen molar-refractivity contribution in [3.63, 3.8) is 0 Å². The Hall–Kier alpha value is -3.28. The van der Waals surface area contributed by atoms with Crippen LogP contribution in [0.25, 0.3) is 6.08 Å².